The zero-order valence-electron chi connectivity index (χ0n) is 16.0. The van der Waals surface area contributed by atoms with Crippen molar-refractivity contribution in [2.75, 3.05) is 11.5 Å². The van der Waals surface area contributed by atoms with Crippen LogP contribution >= 0.6 is 35.1 Å². The second-order valence-corrected chi connectivity index (χ2v) is 8.63. The number of amides is 1. The number of carboxylic acid groups (broad SMARTS) is 1. The molecule has 1 aromatic carbocycles. The summed E-state index contributed by atoms with van der Waals surface area (Å²) in [6.07, 6.45) is 2.36. The lowest BCUT2D eigenvalue weighted by Crippen LogP contribution is -2.25. The van der Waals surface area contributed by atoms with Crippen molar-refractivity contribution in [1.29, 1.82) is 0 Å². The van der Waals surface area contributed by atoms with E-state index < -0.39 is 11.9 Å². The van der Waals surface area contributed by atoms with Crippen molar-refractivity contribution in [3.63, 3.8) is 0 Å². The Morgan fingerprint density at radius 2 is 1.90 bits per heavy atom. The number of nitrogens with one attached hydrogen (secondary N) is 1. The number of aliphatic carboxylic acids is 1. The molecule has 0 atom stereocenters. The van der Waals surface area contributed by atoms with Crippen LogP contribution in [0.1, 0.15) is 18.1 Å². The smallest absolute Gasteiger partial charge is 0.343 e. The third-order valence-electron chi connectivity index (χ3n) is 3.84. The van der Waals surface area contributed by atoms with Crippen LogP contribution in [0.5, 0.6) is 0 Å². The summed E-state index contributed by atoms with van der Waals surface area (Å²) in [5, 5.41) is 12.0. The van der Waals surface area contributed by atoms with E-state index in [1.165, 1.54) is 23.4 Å². The van der Waals surface area contributed by atoms with E-state index in [-0.39, 0.29) is 26.3 Å². The summed E-state index contributed by atoms with van der Waals surface area (Å²) in [5.41, 5.74) is 2.43. The summed E-state index contributed by atoms with van der Waals surface area (Å²) in [4.78, 5) is 23.9. The third kappa shape index (κ3) is 7.03. The van der Waals surface area contributed by atoms with E-state index in [9.17, 15) is 14.7 Å². The molecule has 0 unspecified atom stereocenters. The number of thioether (sulfide) groups is 2. The van der Waals surface area contributed by atoms with Crippen LogP contribution in [-0.4, -0.2) is 28.5 Å². The van der Waals surface area contributed by atoms with Crippen molar-refractivity contribution in [1.82, 2.24) is 5.32 Å². The molecule has 0 aromatic heterocycles. The molecule has 29 heavy (non-hydrogen) atoms. The number of carbonyl (C=O) groups excluding carboxylic acids is 1. The number of benzene rings is 1. The zero-order valence-corrected chi connectivity index (χ0v) is 18.4. The largest absolute Gasteiger partial charge is 0.488 e. The SMILES string of the molecule is C=C(/C=C(/Cl)C(=C)OCc1cccc(CC)c1)NC(=O)C1=C(C(=O)O)SCCS1. The van der Waals surface area contributed by atoms with Crippen LogP contribution in [-0.2, 0) is 27.4 Å². The van der Waals surface area contributed by atoms with Gasteiger partial charge in [0.2, 0.25) is 0 Å². The molecule has 0 saturated carbocycles. The molecule has 0 bridgehead atoms. The lowest BCUT2D eigenvalue weighted by atomic mass is 10.1. The number of hydrogen-bond acceptors (Lipinski definition) is 5. The summed E-state index contributed by atoms with van der Waals surface area (Å²) in [5.74, 6) is -0.0729. The van der Waals surface area contributed by atoms with Crippen LogP contribution in [0, 0.1) is 0 Å². The van der Waals surface area contributed by atoms with E-state index >= 15 is 0 Å². The van der Waals surface area contributed by atoms with Gasteiger partial charge in [0.05, 0.1) is 9.94 Å². The molecule has 0 aliphatic carbocycles. The van der Waals surface area contributed by atoms with Gasteiger partial charge in [0.1, 0.15) is 17.3 Å². The molecular weight excluding hydrogens is 430 g/mol. The van der Waals surface area contributed by atoms with Gasteiger partial charge >= 0.3 is 5.97 Å². The van der Waals surface area contributed by atoms with Gasteiger partial charge in [-0.2, -0.15) is 0 Å². The summed E-state index contributed by atoms with van der Waals surface area (Å²) in [6, 6.07) is 8.03. The first-order chi connectivity index (χ1) is 13.8. The molecule has 1 aliphatic heterocycles. The minimum atomic E-state index is -1.11. The Labute approximate surface area is 183 Å². The van der Waals surface area contributed by atoms with Crippen LogP contribution in [0.15, 0.2) is 69.8 Å². The fraction of sp³-hybridized carbons (Fsp3) is 0.238. The highest BCUT2D eigenvalue weighted by atomic mass is 35.5. The second kappa shape index (κ2) is 11.2. The molecule has 2 rings (SSSR count). The van der Waals surface area contributed by atoms with E-state index in [2.05, 4.69) is 31.5 Å². The monoisotopic (exact) mass is 451 g/mol. The standard InChI is InChI=1S/C21H22ClNO4S2/c1-4-15-6-5-7-16(11-15)12-27-14(3)17(22)10-13(2)23-20(24)18-19(21(25)26)29-9-8-28-18/h5-7,10-11H,2-4,8-9,12H2,1H3,(H,23,24)(H,25,26)/b17-10+. The number of carbonyl (C=O) groups is 2. The van der Waals surface area contributed by atoms with Gasteiger partial charge in [-0.25, -0.2) is 4.79 Å². The molecule has 1 aliphatic rings. The van der Waals surface area contributed by atoms with Gasteiger partial charge in [-0.1, -0.05) is 55.9 Å². The lowest BCUT2D eigenvalue weighted by Gasteiger charge is -2.16. The third-order valence-corrected chi connectivity index (χ3v) is 6.71. The summed E-state index contributed by atoms with van der Waals surface area (Å²) in [7, 11) is 0. The maximum Gasteiger partial charge on any atom is 0.343 e. The Morgan fingerprint density at radius 1 is 1.24 bits per heavy atom. The molecule has 0 saturated heterocycles. The average molecular weight is 452 g/mol. The highest BCUT2D eigenvalue weighted by Gasteiger charge is 2.25. The summed E-state index contributed by atoms with van der Waals surface area (Å²) < 4.78 is 5.62. The number of ether oxygens (including phenoxy) is 1. The van der Waals surface area contributed by atoms with E-state index in [0.29, 0.717) is 18.1 Å². The summed E-state index contributed by atoms with van der Waals surface area (Å²) in [6.45, 7) is 9.95. The van der Waals surface area contributed by atoms with Gasteiger partial charge < -0.3 is 15.2 Å². The van der Waals surface area contributed by atoms with E-state index in [4.69, 9.17) is 16.3 Å². The second-order valence-electron chi connectivity index (χ2n) is 6.02. The molecule has 1 heterocycles. The van der Waals surface area contributed by atoms with Crippen molar-refractivity contribution in [2.24, 2.45) is 0 Å². The topological polar surface area (TPSA) is 75.6 Å². The molecular formula is C21H22ClNO4S2. The molecule has 8 heteroatoms. The molecule has 0 radical (unpaired) electrons. The number of allylic oxidation sites excluding steroid dienone is 2. The first-order valence-electron chi connectivity index (χ1n) is 8.82. The van der Waals surface area contributed by atoms with E-state index in [1.54, 1.807) is 0 Å². The molecule has 5 nitrogen and oxygen atoms in total. The quantitative estimate of drug-likeness (QED) is 0.414. The fourth-order valence-electron chi connectivity index (χ4n) is 2.40. The molecule has 154 valence electrons. The van der Waals surface area contributed by atoms with Gasteiger partial charge in [0, 0.05) is 17.2 Å². The van der Waals surface area contributed by atoms with Crippen LogP contribution in [0.3, 0.4) is 0 Å². The Kier molecular flexibility index (Phi) is 8.95. The fourth-order valence-corrected chi connectivity index (χ4v) is 4.76. The Morgan fingerprint density at radius 3 is 2.55 bits per heavy atom. The van der Waals surface area contributed by atoms with E-state index in [0.717, 1.165) is 23.7 Å². The molecule has 1 aromatic rings. The molecule has 2 N–H and O–H groups in total. The predicted octanol–water partition coefficient (Wildman–Crippen LogP) is 4.81. The van der Waals surface area contributed by atoms with Crippen LogP contribution in [0.2, 0.25) is 0 Å². The molecule has 1 amide bonds. The highest BCUT2D eigenvalue weighted by molar-refractivity contribution is 8.11. The Balaban J connectivity index is 1.95. The van der Waals surface area contributed by atoms with Crippen LogP contribution < -0.4 is 5.32 Å². The van der Waals surface area contributed by atoms with Crippen molar-refractivity contribution < 1.29 is 19.4 Å². The van der Waals surface area contributed by atoms with E-state index in [1.807, 2.05) is 18.2 Å². The van der Waals surface area contributed by atoms with Gasteiger partial charge in [-0.05, 0) is 23.6 Å². The van der Waals surface area contributed by atoms with Crippen LogP contribution in [0.4, 0.5) is 0 Å². The first kappa shape index (κ1) is 23.2. The summed E-state index contributed by atoms with van der Waals surface area (Å²) >= 11 is 8.57. The number of rotatable bonds is 9. The van der Waals surface area contributed by atoms with Gasteiger partial charge in [0.25, 0.3) is 5.91 Å². The number of halogens is 1. The average Bonchev–Trinajstić information content (AvgIpc) is 2.71. The first-order valence-corrected chi connectivity index (χ1v) is 11.2. The van der Waals surface area contributed by atoms with Gasteiger partial charge in [-0.15, -0.1) is 23.5 Å². The normalized spacial score (nSPS) is 14.3. The van der Waals surface area contributed by atoms with Crippen LogP contribution in [0.25, 0.3) is 0 Å². The Hall–Kier alpha value is -2.09. The highest BCUT2D eigenvalue weighted by Crippen LogP contribution is 2.34. The van der Waals surface area contributed by atoms with Crippen molar-refractivity contribution in [3.05, 3.63) is 80.9 Å². The number of hydrogen-bond donors (Lipinski definition) is 2. The van der Waals surface area contributed by atoms with Crippen molar-refractivity contribution in [3.8, 4) is 0 Å². The zero-order chi connectivity index (χ0) is 21.4. The number of carboxylic acids is 1. The predicted molar refractivity (Wildman–Crippen MR) is 121 cm³/mol. The maximum absolute atomic E-state index is 12.4. The lowest BCUT2D eigenvalue weighted by molar-refractivity contribution is -0.132. The number of aryl methyl sites for hydroxylation is 1. The Bertz CT molecular complexity index is 892. The van der Waals surface area contributed by atoms with Crippen molar-refractivity contribution >= 4 is 47.0 Å². The molecule has 0 fully saturated rings. The minimum Gasteiger partial charge on any atom is -0.488 e. The van der Waals surface area contributed by atoms with Gasteiger partial charge in [0.15, 0.2) is 0 Å². The van der Waals surface area contributed by atoms with Gasteiger partial charge in [-0.3, -0.25) is 4.79 Å². The molecule has 0 spiro atoms. The minimum absolute atomic E-state index is 0.0451. The maximum atomic E-state index is 12.4. The van der Waals surface area contributed by atoms with Crippen molar-refractivity contribution in [2.45, 2.75) is 20.0 Å².